The molecule has 0 radical (unpaired) electrons. The lowest BCUT2D eigenvalue weighted by Gasteiger charge is -2.35. The number of methoxy groups -OCH3 is 1. The summed E-state index contributed by atoms with van der Waals surface area (Å²) >= 11 is 0. The van der Waals surface area contributed by atoms with Crippen molar-refractivity contribution in [3.8, 4) is 5.88 Å². The van der Waals surface area contributed by atoms with E-state index in [4.69, 9.17) is 4.74 Å². The van der Waals surface area contributed by atoms with E-state index in [-0.39, 0.29) is 24.1 Å². The lowest BCUT2D eigenvalue weighted by atomic mass is 10.2. The Morgan fingerprint density at radius 3 is 2.62 bits per heavy atom. The lowest BCUT2D eigenvalue weighted by Crippen LogP contribution is -2.51. The van der Waals surface area contributed by atoms with Crippen LogP contribution in [0.1, 0.15) is 11.5 Å². The van der Waals surface area contributed by atoms with Crippen molar-refractivity contribution in [3.05, 3.63) is 35.9 Å². The zero-order valence-corrected chi connectivity index (χ0v) is 14.1. The number of halogens is 3. The van der Waals surface area contributed by atoms with E-state index in [0.717, 1.165) is 6.07 Å². The summed E-state index contributed by atoms with van der Waals surface area (Å²) in [5.74, 6) is 0.210. The molecule has 138 valence electrons. The molecule has 7 nitrogen and oxygen atoms in total. The standard InChI is InChI=1S/C16H16F3N5O2/c1-10-21-12(16(17,18)19)8-13(22-10)23-5-6-24(15(25)9-23)11-3-4-20-14(7-11)26-2/h3-4,7-8H,5-6,9H2,1-2H3. The lowest BCUT2D eigenvalue weighted by molar-refractivity contribution is -0.141. The van der Waals surface area contributed by atoms with Crippen molar-refractivity contribution in [2.24, 2.45) is 0 Å². The number of rotatable bonds is 3. The van der Waals surface area contributed by atoms with Gasteiger partial charge in [0.05, 0.1) is 19.3 Å². The first-order valence-corrected chi connectivity index (χ1v) is 7.76. The van der Waals surface area contributed by atoms with Gasteiger partial charge in [-0.2, -0.15) is 13.2 Å². The molecule has 3 rings (SSSR count). The predicted octanol–water partition coefficient (Wildman–Crippen LogP) is 2.06. The van der Waals surface area contributed by atoms with E-state index in [0.29, 0.717) is 24.7 Å². The van der Waals surface area contributed by atoms with Crippen LogP contribution in [0.5, 0.6) is 5.88 Å². The first-order valence-electron chi connectivity index (χ1n) is 7.76. The number of amides is 1. The second kappa shape index (κ2) is 6.77. The van der Waals surface area contributed by atoms with Crippen molar-refractivity contribution in [1.82, 2.24) is 15.0 Å². The van der Waals surface area contributed by atoms with Crippen LogP contribution < -0.4 is 14.5 Å². The molecule has 0 N–H and O–H groups in total. The zero-order valence-electron chi connectivity index (χ0n) is 14.1. The molecule has 0 aromatic carbocycles. The van der Waals surface area contributed by atoms with E-state index >= 15 is 0 Å². The largest absolute Gasteiger partial charge is 0.481 e. The molecule has 0 bridgehead atoms. The van der Waals surface area contributed by atoms with Crippen LogP contribution in [0.3, 0.4) is 0 Å². The SMILES string of the molecule is COc1cc(N2CCN(c3cc(C(F)(F)F)nc(C)n3)CC2=O)ccn1. The Kier molecular flexibility index (Phi) is 4.66. The summed E-state index contributed by atoms with van der Waals surface area (Å²) in [6.07, 6.45) is -3.04. The molecule has 1 aliphatic heterocycles. The number of ether oxygens (including phenoxy) is 1. The molecule has 1 amide bonds. The topological polar surface area (TPSA) is 71.5 Å². The summed E-state index contributed by atoms with van der Waals surface area (Å²) in [7, 11) is 1.47. The Morgan fingerprint density at radius 2 is 1.96 bits per heavy atom. The Labute approximate surface area is 147 Å². The fourth-order valence-electron chi connectivity index (χ4n) is 2.68. The van der Waals surface area contributed by atoms with Crippen molar-refractivity contribution >= 4 is 17.4 Å². The van der Waals surface area contributed by atoms with Gasteiger partial charge in [-0.05, 0) is 13.0 Å². The maximum absolute atomic E-state index is 12.9. The molecule has 26 heavy (non-hydrogen) atoms. The summed E-state index contributed by atoms with van der Waals surface area (Å²) in [4.78, 5) is 27.0. The van der Waals surface area contributed by atoms with Gasteiger partial charge in [0.25, 0.3) is 0 Å². The Balaban J connectivity index is 1.81. The molecule has 0 unspecified atom stereocenters. The van der Waals surface area contributed by atoms with E-state index < -0.39 is 11.9 Å². The zero-order chi connectivity index (χ0) is 18.9. The quantitative estimate of drug-likeness (QED) is 0.827. The Morgan fingerprint density at radius 1 is 1.19 bits per heavy atom. The van der Waals surface area contributed by atoms with Crippen molar-refractivity contribution in [3.63, 3.8) is 0 Å². The van der Waals surface area contributed by atoms with Gasteiger partial charge in [-0.1, -0.05) is 0 Å². The summed E-state index contributed by atoms with van der Waals surface area (Å²) < 4.78 is 43.9. The summed E-state index contributed by atoms with van der Waals surface area (Å²) in [5, 5.41) is 0. The van der Waals surface area contributed by atoms with Gasteiger partial charge in [0.15, 0.2) is 0 Å². The summed E-state index contributed by atoms with van der Waals surface area (Å²) in [6.45, 7) is 1.94. The molecule has 0 spiro atoms. The summed E-state index contributed by atoms with van der Waals surface area (Å²) in [6, 6.07) is 4.17. The molecule has 1 fully saturated rings. The third kappa shape index (κ3) is 3.68. The first-order chi connectivity index (χ1) is 12.3. The molecule has 1 aliphatic rings. The van der Waals surface area contributed by atoms with Crippen LogP contribution >= 0.6 is 0 Å². The van der Waals surface area contributed by atoms with Crippen molar-refractivity contribution in [2.75, 3.05) is 36.5 Å². The molecule has 2 aromatic rings. The van der Waals surface area contributed by atoms with E-state index in [1.54, 1.807) is 17.0 Å². The highest BCUT2D eigenvalue weighted by molar-refractivity contribution is 5.97. The number of alkyl halides is 3. The minimum absolute atomic E-state index is 0.00331. The monoisotopic (exact) mass is 367 g/mol. The van der Waals surface area contributed by atoms with Crippen LogP contribution in [0.4, 0.5) is 24.7 Å². The van der Waals surface area contributed by atoms with Crippen LogP contribution in [0, 0.1) is 6.92 Å². The number of hydrogen-bond donors (Lipinski definition) is 0. The van der Waals surface area contributed by atoms with Crippen LogP contribution in [-0.4, -0.2) is 47.6 Å². The van der Waals surface area contributed by atoms with Gasteiger partial charge in [0.2, 0.25) is 11.8 Å². The van der Waals surface area contributed by atoms with Gasteiger partial charge < -0.3 is 14.5 Å². The molecule has 0 aliphatic carbocycles. The molecule has 10 heteroatoms. The maximum atomic E-state index is 12.9. The second-order valence-electron chi connectivity index (χ2n) is 5.68. The van der Waals surface area contributed by atoms with E-state index in [9.17, 15) is 18.0 Å². The third-order valence-electron chi connectivity index (χ3n) is 3.90. The molecular weight excluding hydrogens is 351 g/mol. The molecule has 0 atom stereocenters. The molecule has 2 aromatic heterocycles. The Hall–Kier alpha value is -2.91. The van der Waals surface area contributed by atoms with Gasteiger partial charge in [-0.15, -0.1) is 0 Å². The number of nitrogens with zero attached hydrogens (tertiary/aromatic N) is 5. The number of hydrogen-bond acceptors (Lipinski definition) is 6. The average Bonchev–Trinajstić information content (AvgIpc) is 2.60. The first kappa shape index (κ1) is 17.9. The second-order valence-corrected chi connectivity index (χ2v) is 5.68. The summed E-state index contributed by atoms with van der Waals surface area (Å²) in [5.41, 5.74) is -0.398. The fraction of sp³-hybridized carbons (Fsp3) is 0.375. The number of aromatic nitrogens is 3. The minimum Gasteiger partial charge on any atom is -0.481 e. The highest BCUT2D eigenvalue weighted by Crippen LogP contribution is 2.30. The molecular formula is C16H16F3N5O2. The van der Waals surface area contributed by atoms with Gasteiger partial charge in [-0.3, -0.25) is 4.79 Å². The van der Waals surface area contributed by atoms with Crippen molar-refractivity contribution in [2.45, 2.75) is 13.1 Å². The normalized spacial score (nSPS) is 15.3. The van der Waals surface area contributed by atoms with Crippen LogP contribution in [0.25, 0.3) is 0 Å². The number of aryl methyl sites for hydroxylation is 1. The smallest absolute Gasteiger partial charge is 0.433 e. The number of piperazine rings is 1. The Bertz CT molecular complexity index is 828. The fourth-order valence-corrected chi connectivity index (χ4v) is 2.68. The number of pyridine rings is 1. The minimum atomic E-state index is -4.57. The van der Waals surface area contributed by atoms with Gasteiger partial charge in [0.1, 0.15) is 17.3 Å². The van der Waals surface area contributed by atoms with Gasteiger partial charge >= 0.3 is 6.18 Å². The van der Waals surface area contributed by atoms with E-state index in [1.807, 2.05) is 0 Å². The molecule has 1 saturated heterocycles. The van der Waals surface area contributed by atoms with E-state index in [1.165, 1.54) is 25.1 Å². The highest BCUT2D eigenvalue weighted by Gasteiger charge is 2.35. The van der Waals surface area contributed by atoms with Gasteiger partial charge in [0, 0.05) is 31.4 Å². The van der Waals surface area contributed by atoms with Crippen molar-refractivity contribution < 1.29 is 22.7 Å². The number of anilines is 2. The van der Waals surface area contributed by atoms with Crippen molar-refractivity contribution in [1.29, 1.82) is 0 Å². The number of carbonyl (C=O) groups is 1. The maximum Gasteiger partial charge on any atom is 0.433 e. The third-order valence-corrected chi connectivity index (χ3v) is 3.90. The molecule has 0 saturated carbocycles. The van der Waals surface area contributed by atoms with Crippen LogP contribution in [0.2, 0.25) is 0 Å². The van der Waals surface area contributed by atoms with Crippen LogP contribution in [0.15, 0.2) is 24.4 Å². The van der Waals surface area contributed by atoms with E-state index in [2.05, 4.69) is 15.0 Å². The number of carbonyl (C=O) groups excluding carboxylic acids is 1. The van der Waals surface area contributed by atoms with Gasteiger partial charge in [-0.25, -0.2) is 15.0 Å². The van der Waals surface area contributed by atoms with Crippen LogP contribution in [-0.2, 0) is 11.0 Å². The molecule has 3 heterocycles. The highest BCUT2D eigenvalue weighted by atomic mass is 19.4. The average molecular weight is 367 g/mol. The predicted molar refractivity (Wildman–Crippen MR) is 87.1 cm³/mol.